The van der Waals surface area contributed by atoms with E-state index in [1.807, 2.05) is 18.2 Å². The monoisotopic (exact) mass is 257 g/mol. The Labute approximate surface area is 113 Å². The molecular formula is C15H19N3O. The number of nitrogens with one attached hydrogen (secondary N) is 1. The van der Waals surface area contributed by atoms with E-state index in [4.69, 9.17) is 9.72 Å². The van der Waals surface area contributed by atoms with Crippen molar-refractivity contribution in [3.05, 3.63) is 29.8 Å². The molecule has 0 bridgehead atoms. The SMILES string of the molecule is COc1ccc2nc(N3CCNCC3)c(C)cc2c1. The van der Waals surface area contributed by atoms with Crippen LogP contribution < -0.4 is 15.0 Å². The van der Waals surface area contributed by atoms with Crippen LogP contribution in [-0.4, -0.2) is 38.3 Å². The number of anilines is 1. The minimum absolute atomic E-state index is 0.878. The summed E-state index contributed by atoms with van der Waals surface area (Å²) in [6, 6.07) is 8.23. The van der Waals surface area contributed by atoms with Gasteiger partial charge in [-0.05, 0) is 36.8 Å². The van der Waals surface area contributed by atoms with Gasteiger partial charge in [-0.25, -0.2) is 4.98 Å². The van der Waals surface area contributed by atoms with Crippen molar-refractivity contribution in [2.45, 2.75) is 6.92 Å². The maximum atomic E-state index is 5.26. The standard InChI is InChI=1S/C15H19N3O/c1-11-9-12-10-13(19-2)3-4-14(12)17-15(11)18-7-5-16-6-8-18/h3-4,9-10,16H,5-8H2,1-2H3. The molecule has 1 aliphatic rings. The maximum Gasteiger partial charge on any atom is 0.132 e. The zero-order chi connectivity index (χ0) is 13.2. The molecule has 1 saturated heterocycles. The number of piperazine rings is 1. The van der Waals surface area contributed by atoms with Gasteiger partial charge in [0.2, 0.25) is 0 Å². The predicted octanol–water partition coefficient (Wildman–Crippen LogP) is 1.96. The number of rotatable bonds is 2. The highest BCUT2D eigenvalue weighted by Crippen LogP contribution is 2.26. The van der Waals surface area contributed by atoms with E-state index in [9.17, 15) is 0 Å². The summed E-state index contributed by atoms with van der Waals surface area (Å²) in [5.74, 6) is 1.99. The van der Waals surface area contributed by atoms with Crippen LogP contribution in [0.25, 0.3) is 10.9 Å². The smallest absolute Gasteiger partial charge is 0.132 e. The van der Waals surface area contributed by atoms with Gasteiger partial charge in [0.15, 0.2) is 0 Å². The van der Waals surface area contributed by atoms with E-state index < -0.39 is 0 Å². The van der Waals surface area contributed by atoms with Crippen molar-refractivity contribution in [1.29, 1.82) is 0 Å². The van der Waals surface area contributed by atoms with E-state index in [1.54, 1.807) is 7.11 Å². The molecule has 1 aromatic carbocycles. The molecule has 0 saturated carbocycles. The molecule has 2 aromatic rings. The molecule has 0 spiro atoms. The average molecular weight is 257 g/mol. The predicted molar refractivity (Wildman–Crippen MR) is 78.1 cm³/mol. The molecule has 0 aliphatic carbocycles. The highest BCUT2D eigenvalue weighted by molar-refractivity contribution is 5.83. The van der Waals surface area contributed by atoms with E-state index in [-0.39, 0.29) is 0 Å². The Morgan fingerprint density at radius 2 is 2.00 bits per heavy atom. The minimum Gasteiger partial charge on any atom is -0.497 e. The fourth-order valence-electron chi connectivity index (χ4n) is 2.57. The third-order valence-electron chi connectivity index (χ3n) is 3.60. The van der Waals surface area contributed by atoms with Crippen molar-refractivity contribution in [2.75, 3.05) is 38.2 Å². The fourth-order valence-corrected chi connectivity index (χ4v) is 2.57. The Balaban J connectivity index is 2.03. The number of aryl methyl sites for hydroxylation is 1. The lowest BCUT2D eigenvalue weighted by Gasteiger charge is -2.29. The number of nitrogens with zero attached hydrogens (tertiary/aromatic N) is 2. The molecule has 2 heterocycles. The van der Waals surface area contributed by atoms with E-state index >= 15 is 0 Å². The molecule has 0 amide bonds. The van der Waals surface area contributed by atoms with Crippen molar-refractivity contribution in [3.8, 4) is 5.75 Å². The van der Waals surface area contributed by atoms with Crippen LogP contribution in [0.2, 0.25) is 0 Å². The van der Waals surface area contributed by atoms with Crippen LogP contribution >= 0.6 is 0 Å². The number of methoxy groups -OCH3 is 1. The molecule has 4 heteroatoms. The second-order valence-electron chi connectivity index (χ2n) is 4.92. The Morgan fingerprint density at radius 1 is 1.21 bits per heavy atom. The average Bonchev–Trinajstić information content (AvgIpc) is 2.47. The van der Waals surface area contributed by atoms with Crippen LogP contribution in [0.15, 0.2) is 24.3 Å². The zero-order valence-electron chi connectivity index (χ0n) is 11.4. The first-order valence-corrected chi connectivity index (χ1v) is 6.69. The van der Waals surface area contributed by atoms with Gasteiger partial charge < -0.3 is 15.0 Å². The van der Waals surface area contributed by atoms with Crippen molar-refractivity contribution in [2.24, 2.45) is 0 Å². The lowest BCUT2D eigenvalue weighted by Crippen LogP contribution is -2.44. The van der Waals surface area contributed by atoms with E-state index in [2.05, 4.69) is 23.2 Å². The molecule has 3 rings (SSSR count). The summed E-state index contributed by atoms with van der Waals surface area (Å²) in [5, 5.41) is 4.51. The Bertz CT molecular complexity index is 591. The van der Waals surface area contributed by atoms with Gasteiger partial charge in [-0.3, -0.25) is 0 Å². The van der Waals surface area contributed by atoms with Crippen LogP contribution in [0.3, 0.4) is 0 Å². The minimum atomic E-state index is 0.878. The molecule has 0 radical (unpaired) electrons. The van der Waals surface area contributed by atoms with Gasteiger partial charge in [0, 0.05) is 31.6 Å². The number of hydrogen-bond donors (Lipinski definition) is 1. The van der Waals surface area contributed by atoms with Crippen LogP contribution in [0.5, 0.6) is 5.75 Å². The maximum absolute atomic E-state index is 5.26. The van der Waals surface area contributed by atoms with Crippen LogP contribution in [0.4, 0.5) is 5.82 Å². The third-order valence-corrected chi connectivity index (χ3v) is 3.60. The number of fused-ring (bicyclic) bond motifs is 1. The summed E-state index contributed by atoms with van der Waals surface area (Å²) >= 11 is 0. The fraction of sp³-hybridized carbons (Fsp3) is 0.400. The molecule has 1 fully saturated rings. The highest BCUT2D eigenvalue weighted by Gasteiger charge is 2.14. The lowest BCUT2D eigenvalue weighted by molar-refractivity contribution is 0.415. The van der Waals surface area contributed by atoms with Crippen LogP contribution in [0, 0.1) is 6.92 Å². The highest BCUT2D eigenvalue weighted by atomic mass is 16.5. The first-order chi connectivity index (χ1) is 9.28. The van der Waals surface area contributed by atoms with Crippen LogP contribution in [0.1, 0.15) is 5.56 Å². The largest absolute Gasteiger partial charge is 0.497 e. The number of aromatic nitrogens is 1. The van der Waals surface area contributed by atoms with E-state index in [1.165, 1.54) is 5.56 Å². The molecule has 1 aromatic heterocycles. The van der Waals surface area contributed by atoms with E-state index in [0.717, 1.165) is 48.6 Å². The van der Waals surface area contributed by atoms with Crippen molar-refractivity contribution < 1.29 is 4.74 Å². The molecular weight excluding hydrogens is 238 g/mol. The Hall–Kier alpha value is -1.81. The van der Waals surface area contributed by atoms with Gasteiger partial charge in [0.1, 0.15) is 11.6 Å². The van der Waals surface area contributed by atoms with Gasteiger partial charge in [-0.2, -0.15) is 0 Å². The quantitative estimate of drug-likeness (QED) is 0.892. The van der Waals surface area contributed by atoms with Crippen molar-refractivity contribution in [3.63, 3.8) is 0 Å². The topological polar surface area (TPSA) is 37.4 Å². The summed E-state index contributed by atoms with van der Waals surface area (Å²) in [4.78, 5) is 7.17. The Kier molecular flexibility index (Phi) is 3.25. The van der Waals surface area contributed by atoms with Crippen molar-refractivity contribution in [1.82, 2.24) is 10.3 Å². The van der Waals surface area contributed by atoms with Crippen molar-refractivity contribution >= 4 is 16.7 Å². The van der Waals surface area contributed by atoms with Gasteiger partial charge in [-0.15, -0.1) is 0 Å². The summed E-state index contributed by atoms with van der Waals surface area (Å²) in [5.41, 5.74) is 2.25. The number of ether oxygens (including phenoxy) is 1. The molecule has 0 atom stereocenters. The summed E-state index contributed by atoms with van der Waals surface area (Å²) in [6.45, 7) is 6.23. The first kappa shape index (κ1) is 12.2. The normalized spacial score (nSPS) is 15.8. The second kappa shape index (κ2) is 5.05. The molecule has 0 unspecified atom stereocenters. The summed E-state index contributed by atoms with van der Waals surface area (Å²) in [6.07, 6.45) is 0. The molecule has 100 valence electrons. The van der Waals surface area contributed by atoms with Gasteiger partial charge in [-0.1, -0.05) is 0 Å². The lowest BCUT2D eigenvalue weighted by atomic mass is 10.1. The van der Waals surface area contributed by atoms with E-state index in [0.29, 0.717) is 0 Å². The number of hydrogen-bond acceptors (Lipinski definition) is 4. The third kappa shape index (κ3) is 2.36. The first-order valence-electron chi connectivity index (χ1n) is 6.69. The van der Waals surface area contributed by atoms with Gasteiger partial charge >= 0.3 is 0 Å². The van der Waals surface area contributed by atoms with Crippen LogP contribution in [-0.2, 0) is 0 Å². The summed E-state index contributed by atoms with van der Waals surface area (Å²) in [7, 11) is 1.69. The number of benzene rings is 1. The molecule has 1 aliphatic heterocycles. The molecule has 19 heavy (non-hydrogen) atoms. The van der Waals surface area contributed by atoms with Gasteiger partial charge in [0.25, 0.3) is 0 Å². The summed E-state index contributed by atoms with van der Waals surface area (Å²) < 4.78 is 5.26. The Morgan fingerprint density at radius 3 is 2.74 bits per heavy atom. The molecule has 1 N–H and O–H groups in total. The van der Waals surface area contributed by atoms with Gasteiger partial charge in [0.05, 0.1) is 12.6 Å². The molecule has 4 nitrogen and oxygen atoms in total. The number of pyridine rings is 1. The second-order valence-corrected chi connectivity index (χ2v) is 4.92. The zero-order valence-corrected chi connectivity index (χ0v) is 11.4.